The highest BCUT2D eigenvalue weighted by Crippen LogP contribution is 2.13. The van der Waals surface area contributed by atoms with Crippen molar-refractivity contribution in [2.75, 3.05) is 21.2 Å². The summed E-state index contributed by atoms with van der Waals surface area (Å²) in [5, 5.41) is 3.46. The number of aryl methyl sites for hydroxylation is 1. The molecule has 0 atom stereocenters. The first kappa shape index (κ1) is 23.7. The van der Waals surface area contributed by atoms with Crippen LogP contribution in [0.3, 0.4) is 0 Å². The molecule has 0 aliphatic carbocycles. The number of aromatic nitrogens is 2. The summed E-state index contributed by atoms with van der Waals surface area (Å²) >= 11 is 0. The molecule has 1 N–H and O–H groups in total. The molecule has 2 aromatic carbocycles. The van der Waals surface area contributed by atoms with Gasteiger partial charge in [-0.3, -0.25) is 4.99 Å². The molecule has 1 aromatic heterocycles. The van der Waals surface area contributed by atoms with E-state index in [0.717, 1.165) is 37.2 Å². The highest BCUT2D eigenvalue weighted by atomic mass is 127. The van der Waals surface area contributed by atoms with Crippen molar-refractivity contribution in [3.05, 3.63) is 83.4 Å². The maximum Gasteiger partial charge on any atom is 0.193 e. The van der Waals surface area contributed by atoms with Crippen LogP contribution in [0.4, 0.5) is 0 Å². The molecular weight excluding hydrogens is 489 g/mol. The van der Waals surface area contributed by atoms with E-state index in [4.69, 9.17) is 4.74 Å². The highest BCUT2D eigenvalue weighted by Gasteiger charge is 2.07. The van der Waals surface area contributed by atoms with E-state index in [1.165, 1.54) is 16.7 Å². The summed E-state index contributed by atoms with van der Waals surface area (Å²) in [6.07, 6.45) is 3.85. The number of imidazole rings is 1. The second-order valence-electron chi connectivity index (χ2n) is 7.03. The third-order valence-electron chi connectivity index (χ3n) is 4.87. The third kappa shape index (κ3) is 6.48. The van der Waals surface area contributed by atoms with Crippen LogP contribution in [0.2, 0.25) is 0 Å². The number of methoxy groups -OCH3 is 1. The summed E-state index contributed by atoms with van der Waals surface area (Å²) < 4.78 is 7.37. The van der Waals surface area contributed by atoms with E-state index >= 15 is 0 Å². The fourth-order valence-corrected chi connectivity index (χ4v) is 3.25. The van der Waals surface area contributed by atoms with E-state index < -0.39 is 0 Å². The van der Waals surface area contributed by atoms with Crippen molar-refractivity contribution >= 4 is 29.9 Å². The predicted octanol–water partition coefficient (Wildman–Crippen LogP) is 4.07. The molecule has 0 saturated heterocycles. The molecule has 0 spiro atoms. The molecule has 0 aliphatic rings. The van der Waals surface area contributed by atoms with Gasteiger partial charge in [-0.2, -0.15) is 0 Å². The van der Waals surface area contributed by atoms with Crippen LogP contribution in [0.5, 0.6) is 5.75 Å². The SMILES string of the molecule is CN=C(NCc1cccc(Cn2ccnc2C)c1)N(C)Cc1ccc(OC)cc1.I. The minimum absolute atomic E-state index is 0. The van der Waals surface area contributed by atoms with Gasteiger partial charge in [-0.1, -0.05) is 36.4 Å². The van der Waals surface area contributed by atoms with Gasteiger partial charge in [-0.25, -0.2) is 4.98 Å². The second-order valence-corrected chi connectivity index (χ2v) is 7.03. The Morgan fingerprint density at radius 2 is 1.87 bits per heavy atom. The number of halogens is 1. The Kier molecular flexibility index (Phi) is 9.16. The standard InChI is InChI=1S/C23H29N5O.HI/c1-18-25-12-13-28(18)17-21-7-5-6-20(14-21)15-26-23(24-2)27(3)16-19-8-10-22(29-4)11-9-19;/h5-14H,15-17H2,1-4H3,(H,24,26);1H. The number of benzene rings is 2. The number of nitrogens with zero attached hydrogens (tertiary/aromatic N) is 4. The summed E-state index contributed by atoms with van der Waals surface area (Å²) in [5.41, 5.74) is 3.68. The maximum atomic E-state index is 5.22. The molecule has 0 fully saturated rings. The Hall–Kier alpha value is -2.55. The average molecular weight is 519 g/mol. The fraction of sp³-hybridized carbons (Fsp3) is 0.304. The molecule has 1 heterocycles. The van der Waals surface area contributed by atoms with Crippen LogP contribution < -0.4 is 10.1 Å². The van der Waals surface area contributed by atoms with Gasteiger partial charge < -0.3 is 19.5 Å². The molecule has 0 saturated carbocycles. The molecule has 160 valence electrons. The first-order valence-corrected chi connectivity index (χ1v) is 9.69. The van der Waals surface area contributed by atoms with E-state index in [9.17, 15) is 0 Å². The monoisotopic (exact) mass is 519 g/mol. The van der Waals surface area contributed by atoms with Gasteiger partial charge in [0.15, 0.2) is 5.96 Å². The minimum Gasteiger partial charge on any atom is -0.497 e. The average Bonchev–Trinajstić information content (AvgIpc) is 3.14. The van der Waals surface area contributed by atoms with Gasteiger partial charge in [-0.05, 0) is 35.7 Å². The molecule has 30 heavy (non-hydrogen) atoms. The zero-order valence-corrected chi connectivity index (χ0v) is 20.3. The van der Waals surface area contributed by atoms with Crippen LogP contribution in [0.15, 0.2) is 65.9 Å². The quantitative estimate of drug-likeness (QED) is 0.291. The van der Waals surface area contributed by atoms with Crippen molar-refractivity contribution in [1.29, 1.82) is 0 Å². The summed E-state index contributed by atoms with van der Waals surface area (Å²) in [6.45, 7) is 4.33. The van der Waals surface area contributed by atoms with Crippen LogP contribution in [0.1, 0.15) is 22.5 Å². The molecule has 3 aromatic rings. The van der Waals surface area contributed by atoms with Crippen molar-refractivity contribution in [2.24, 2.45) is 4.99 Å². The van der Waals surface area contributed by atoms with Crippen LogP contribution in [0, 0.1) is 6.92 Å². The van der Waals surface area contributed by atoms with Crippen LogP contribution >= 0.6 is 24.0 Å². The van der Waals surface area contributed by atoms with Crippen molar-refractivity contribution in [1.82, 2.24) is 19.8 Å². The van der Waals surface area contributed by atoms with E-state index in [2.05, 4.69) is 61.2 Å². The number of hydrogen-bond acceptors (Lipinski definition) is 3. The van der Waals surface area contributed by atoms with Gasteiger partial charge in [-0.15, -0.1) is 24.0 Å². The zero-order valence-electron chi connectivity index (χ0n) is 18.0. The van der Waals surface area contributed by atoms with Gasteiger partial charge in [0.2, 0.25) is 0 Å². The summed E-state index contributed by atoms with van der Waals surface area (Å²) in [5.74, 6) is 2.75. The van der Waals surface area contributed by atoms with E-state index in [-0.39, 0.29) is 24.0 Å². The maximum absolute atomic E-state index is 5.22. The summed E-state index contributed by atoms with van der Waals surface area (Å²) in [6, 6.07) is 16.7. The number of hydrogen-bond donors (Lipinski definition) is 1. The number of rotatable bonds is 7. The largest absolute Gasteiger partial charge is 0.497 e. The lowest BCUT2D eigenvalue weighted by Gasteiger charge is -2.22. The summed E-state index contributed by atoms with van der Waals surface area (Å²) in [4.78, 5) is 10.8. The Labute approximate surface area is 196 Å². The molecule has 0 amide bonds. The molecule has 6 nitrogen and oxygen atoms in total. The summed E-state index contributed by atoms with van der Waals surface area (Å²) in [7, 11) is 5.53. The van der Waals surface area contributed by atoms with Crippen molar-refractivity contribution < 1.29 is 4.74 Å². The first-order chi connectivity index (χ1) is 14.1. The normalized spacial score (nSPS) is 11.0. The molecule has 0 bridgehead atoms. The van der Waals surface area contributed by atoms with E-state index in [1.54, 1.807) is 7.11 Å². The van der Waals surface area contributed by atoms with E-state index in [0.29, 0.717) is 0 Å². The number of ether oxygens (including phenoxy) is 1. The van der Waals surface area contributed by atoms with Crippen molar-refractivity contribution in [3.8, 4) is 5.75 Å². The van der Waals surface area contributed by atoms with Gasteiger partial charge >= 0.3 is 0 Å². The van der Waals surface area contributed by atoms with E-state index in [1.807, 2.05) is 45.5 Å². The minimum atomic E-state index is 0. The second kappa shape index (κ2) is 11.6. The van der Waals surface area contributed by atoms with Crippen molar-refractivity contribution in [2.45, 2.75) is 26.6 Å². The Morgan fingerprint density at radius 1 is 1.13 bits per heavy atom. The molecule has 0 unspecified atom stereocenters. The predicted molar refractivity (Wildman–Crippen MR) is 133 cm³/mol. The lowest BCUT2D eigenvalue weighted by atomic mass is 10.1. The van der Waals surface area contributed by atoms with Gasteiger partial charge in [0, 0.05) is 46.1 Å². The first-order valence-electron chi connectivity index (χ1n) is 9.69. The lowest BCUT2D eigenvalue weighted by molar-refractivity contribution is 0.414. The molecule has 7 heteroatoms. The van der Waals surface area contributed by atoms with Gasteiger partial charge in [0.05, 0.1) is 7.11 Å². The van der Waals surface area contributed by atoms with Crippen LogP contribution in [-0.2, 0) is 19.6 Å². The van der Waals surface area contributed by atoms with Crippen LogP contribution in [0.25, 0.3) is 0 Å². The molecule has 0 radical (unpaired) electrons. The van der Waals surface area contributed by atoms with Gasteiger partial charge in [0.1, 0.15) is 11.6 Å². The van der Waals surface area contributed by atoms with Crippen LogP contribution in [-0.4, -0.2) is 41.6 Å². The van der Waals surface area contributed by atoms with Gasteiger partial charge in [0.25, 0.3) is 0 Å². The molecule has 0 aliphatic heterocycles. The number of guanidine groups is 1. The Morgan fingerprint density at radius 3 is 2.50 bits per heavy atom. The third-order valence-corrected chi connectivity index (χ3v) is 4.87. The number of nitrogens with one attached hydrogen (secondary N) is 1. The smallest absolute Gasteiger partial charge is 0.193 e. The Balaban J connectivity index is 0.00000320. The highest BCUT2D eigenvalue weighted by molar-refractivity contribution is 14.0. The van der Waals surface area contributed by atoms with Crippen molar-refractivity contribution in [3.63, 3.8) is 0 Å². The Bertz CT molecular complexity index is 952. The number of aliphatic imine (C=N–C) groups is 1. The molecular formula is C23H30IN5O. The zero-order chi connectivity index (χ0) is 20.6. The topological polar surface area (TPSA) is 54.7 Å². The lowest BCUT2D eigenvalue weighted by Crippen LogP contribution is -2.38. The molecule has 3 rings (SSSR count). The fourth-order valence-electron chi connectivity index (χ4n) is 3.25.